The van der Waals surface area contributed by atoms with Crippen LogP contribution >= 0.6 is 11.6 Å². The highest BCUT2D eigenvalue weighted by molar-refractivity contribution is 6.55. The normalized spacial score (nSPS) is 12.8. The number of nitrogens with one attached hydrogen (secondary N) is 4. The van der Waals surface area contributed by atoms with Crippen molar-refractivity contribution in [3.63, 3.8) is 0 Å². The maximum Gasteiger partial charge on any atom is 0.252 e. The van der Waals surface area contributed by atoms with Crippen LogP contribution in [0.1, 0.15) is 189 Å². The van der Waals surface area contributed by atoms with Crippen molar-refractivity contribution in [1.82, 2.24) is 49.4 Å². The van der Waals surface area contributed by atoms with Crippen LogP contribution in [0.3, 0.4) is 0 Å². The number of Topliss-reactive ketones (excluding diaryl/α,β-unsaturated/α-hetero) is 10. The van der Waals surface area contributed by atoms with Crippen molar-refractivity contribution in [3.8, 4) is 56.3 Å². The van der Waals surface area contributed by atoms with E-state index in [1.165, 1.54) is 36.4 Å². The predicted octanol–water partition coefficient (Wildman–Crippen LogP) is 18.0. The van der Waals surface area contributed by atoms with Gasteiger partial charge in [-0.1, -0.05) is 191 Å². The number of benzene rings is 9. The first kappa shape index (κ1) is 82.2. The summed E-state index contributed by atoms with van der Waals surface area (Å²) in [4.78, 5) is 159. The fraction of sp³-hybridized carbons (Fsp3) is 0.168. The fourth-order valence-electron chi connectivity index (χ4n) is 14.7. The largest absolute Gasteiger partial charge is 0.367 e. The van der Waals surface area contributed by atoms with Crippen LogP contribution in [0.2, 0.25) is 0 Å². The van der Waals surface area contributed by atoms with Crippen molar-refractivity contribution in [2.45, 2.75) is 92.2 Å². The SMILES string of the molecule is CC(C)c1nc2c(n1CCCCl)C(=O)C(=O)c1ccccc1-2.CCc1nc2c([nH]1)C(=O)C(=O)c1ccccc1-2.CN(Cc1nc2c([nH]1)C(=O)C(=O)c1ccccc1-2)c1ccccc1.Cc1cc(F)ccc1CCc1nc2c([nH]1)C(=O)C(=O)c1ccccc1-2.Cc1cccc(F)c1.O=C1C(=O)c2[nH]c(CCc3ccc(F)cc3)nc2-c2ccccc21. The minimum atomic E-state index is -0.552. The molecule has 0 amide bonds. The summed E-state index contributed by atoms with van der Waals surface area (Å²) in [7, 11) is 1.96. The number of carbonyl (C=O) groups excluding carboxylic acids is 10. The Balaban J connectivity index is 0.000000120. The lowest BCUT2D eigenvalue weighted by molar-refractivity contribution is 0.0809. The minimum Gasteiger partial charge on any atom is -0.367 e. The molecule has 120 heavy (non-hydrogen) atoms. The molecule has 14 aromatic rings. The summed E-state index contributed by atoms with van der Waals surface area (Å²) in [6.45, 7) is 10.9. The molecule has 0 atom stereocenters. The van der Waals surface area contributed by atoms with E-state index in [9.17, 15) is 61.1 Å². The van der Waals surface area contributed by atoms with E-state index < -0.39 is 57.8 Å². The third-order valence-corrected chi connectivity index (χ3v) is 21.0. The Morgan fingerprint density at radius 3 is 1.18 bits per heavy atom. The predicted molar refractivity (Wildman–Crippen MR) is 448 cm³/mol. The van der Waals surface area contributed by atoms with E-state index in [4.69, 9.17) is 11.6 Å². The summed E-state index contributed by atoms with van der Waals surface area (Å²) in [6.07, 6.45) is 3.91. The highest BCUT2D eigenvalue weighted by atomic mass is 35.5. The molecule has 0 aliphatic heterocycles. The first-order chi connectivity index (χ1) is 57.9. The van der Waals surface area contributed by atoms with Crippen LogP contribution in [0.15, 0.2) is 218 Å². The molecule has 5 aliphatic rings. The number of imidazole rings is 5. The highest BCUT2D eigenvalue weighted by Gasteiger charge is 2.39. The molecule has 0 fully saturated rings. The highest BCUT2D eigenvalue weighted by Crippen LogP contribution is 2.39. The number of nitrogens with zero attached hydrogens (tertiary/aromatic N) is 7. The first-order valence-corrected chi connectivity index (χ1v) is 39.3. The Hall–Kier alpha value is -14.4. The number of anilines is 1. The molecule has 5 heterocycles. The summed E-state index contributed by atoms with van der Waals surface area (Å²) in [5, 5.41) is 0. The van der Waals surface area contributed by atoms with Crippen molar-refractivity contribution in [2.24, 2.45) is 0 Å². The molecule has 0 bridgehead atoms. The van der Waals surface area contributed by atoms with Crippen LogP contribution in [-0.4, -0.2) is 120 Å². The number of alkyl halides is 1. The van der Waals surface area contributed by atoms with Crippen LogP contribution in [0, 0.1) is 31.3 Å². The molecule has 0 unspecified atom stereocenters. The van der Waals surface area contributed by atoms with Crippen molar-refractivity contribution >= 4 is 75.1 Å². The number of aromatic amines is 4. The second-order valence-corrected chi connectivity index (χ2v) is 29.6. The van der Waals surface area contributed by atoms with E-state index >= 15 is 0 Å². The number of hydrogen-bond donors (Lipinski definition) is 4. The van der Waals surface area contributed by atoms with Crippen LogP contribution in [-0.2, 0) is 45.2 Å². The number of carbonyl (C=O) groups is 10. The quantitative estimate of drug-likeness (QED) is 0.0581. The van der Waals surface area contributed by atoms with Gasteiger partial charge in [-0.2, -0.15) is 0 Å². The molecule has 0 spiro atoms. The molecule has 19 rings (SSSR count). The van der Waals surface area contributed by atoms with Gasteiger partial charge in [0, 0.05) is 106 Å². The van der Waals surface area contributed by atoms with Crippen molar-refractivity contribution < 1.29 is 61.1 Å². The third kappa shape index (κ3) is 17.0. The molecule has 0 radical (unpaired) electrons. The average molecular weight is 1630 g/mol. The number of rotatable bonds is 14. The number of aryl methyl sites for hydroxylation is 7. The van der Waals surface area contributed by atoms with Gasteiger partial charge in [-0.05, 0) is 104 Å². The maximum atomic E-state index is 13.2. The van der Waals surface area contributed by atoms with E-state index in [-0.39, 0.29) is 40.5 Å². The molecular weight excluding hydrogens is 1550 g/mol. The van der Waals surface area contributed by atoms with Gasteiger partial charge in [0.1, 0.15) is 104 Å². The smallest absolute Gasteiger partial charge is 0.252 e. The first-order valence-electron chi connectivity index (χ1n) is 38.8. The lowest BCUT2D eigenvalue weighted by atomic mass is 9.90. The van der Waals surface area contributed by atoms with Crippen molar-refractivity contribution in [2.75, 3.05) is 17.8 Å². The van der Waals surface area contributed by atoms with Gasteiger partial charge in [-0.15, -0.1) is 11.6 Å². The molecule has 9 aromatic carbocycles. The summed E-state index contributed by atoms with van der Waals surface area (Å²) in [5.74, 6) is -1.52. The molecule has 25 heteroatoms. The summed E-state index contributed by atoms with van der Waals surface area (Å²) >= 11 is 5.79. The van der Waals surface area contributed by atoms with Crippen LogP contribution in [0.25, 0.3) is 56.3 Å². The Morgan fingerprint density at radius 2 is 0.767 bits per heavy atom. The monoisotopic (exact) mass is 1620 g/mol. The van der Waals surface area contributed by atoms with Crippen LogP contribution < -0.4 is 4.90 Å². The zero-order valence-electron chi connectivity index (χ0n) is 66.0. The van der Waals surface area contributed by atoms with E-state index in [1.807, 2.05) is 136 Å². The Kier molecular flexibility index (Phi) is 24.4. The van der Waals surface area contributed by atoms with Crippen molar-refractivity contribution in [1.29, 1.82) is 0 Å². The zero-order valence-corrected chi connectivity index (χ0v) is 66.7. The van der Waals surface area contributed by atoms with Gasteiger partial charge < -0.3 is 29.4 Å². The van der Waals surface area contributed by atoms with E-state index in [0.29, 0.717) is 153 Å². The molecular formula is C95H77ClF3N11O10. The Morgan fingerprint density at radius 1 is 0.383 bits per heavy atom. The molecule has 0 saturated carbocycles. The number of H-pyrrole nitrogens is 4. The molecule has 4 N–H and O–H groups in total. The molecule has 21 nitrogen and oxygen atoms in total. The zero-order chi connectivity index (χ0) is 84.7. The topological polar surface area (TPSA) is 306 Å². The number of para-hydroxylation sites is 1. The minimum absolute atomic E-state index is 0.162. The van der Waals surface area contributed by atoms with Gasteiger partial charge >= 0.3 is 0 Å². The molecule has 0 saturated heterocycles. The molecule has 5 aromatic heterocycles. The lowest BCUT2D eigenvalue weighted by Gasteiger charge is -2.17. The average Bonchev–Trinajstić information content (AvgIpc) is 1.58. The van der Waals surface area contributed by atoms with Gasteiger partial charge in [0.05, 0.1) is 6.54 Å². The number of fused-ring (bicyclic) bond motifs is 15. The number of halogens is 4. The molecule has 600 valence electrons. The Bertz CT molecular complexity index is 6410. The van der Waals surface area contributed by atoms with Crippen molar-refractivity contribution in [3.05, 3.63) is 344 Å². The van der Waals surface area contributed by atoms with E-state index in [1.54, 1.807) is 97.1 Å². The summed E-state index contributed by atoms with van der Waals surface area (Å²) in [5.41, 5.74) is 14.9. The standard InChI is InChI=1S/C20H15FN2O2.C19H13FN2O2.C19H15N3O2.C17H17ClN2O2.C13H10N2O2.C7H7F/c1-11-10-13(21)8-6-12(11)7-9-16-22-17-14-4-2-3-5-15(14)19(24)20(25)18(17)23-16;20-12-8-5-11(6-9-12)7-10-15-21-16-13-3-1-2-4-14(13)18(23)19(24)17(16)22-15;1-22(12-7-3-2-4-8-12)11-15-20-16-13-9-5-6-10-14(13)18(23)19(24)17(16)21-15;1-10(2)17-19-13-11-6-3-4-7-12(11)15(21)16(22)14(13)20(17)9-5-8-18;1-2-9-14-10-7-5-3-4-6-8(7)12(16)13(17)11(10)15-9;1-6-3-2-4-7(8)5-6/h2-6,8,10H,7,9H2,1H3,(H,22,23);1-6,8-9H,7,10H2,(H,21,22);2-10H,11H2,1H3,(H,20,21);3-4,6-7,10H,5,8-9H2,1-2H3;3-6H,2H2,1H3,(H,14,15);2-5H,1H3. The van der Waals surface area contributed by atoms with Gasteiger partial charge in [-0.25, -0.2) is 38.1 Å². The van der Waals surface area contributed by atoms with Crippen LogP contribution in [0.5, 0.6) is 0 Å². The third-order valence-electron chi connectivity index (χ3n) is 20.7. The second-order valence-electron chi connectivity index (χ2n) is 29.2. The van der Waals surface area contributed by atoms with Gasteiger partial charge in [0.15, 0.2) is 0 Å². The number of aromatic nitrogens is 10. The second kappa shape index (κ2) is 35.6. The summed E-state index contributed by atoms with van der Waals surface area (Å²) in [6, 6.07) is 62.7. The number of ketones is 10. The van der Waals surface area contributed by atoms with E-state index in [2.05, 4.69) is 44.9 Å². The summed E-state index contributed by atoms with van der Waals surface area (Å²) < 4.78 is 40.2. The Labute approximate surface area is 691 Å². The lowest BCUT2D eigenvalue weighted by Crippen LogP contribution is -2.24. The van der Waals surface area contributed by atoms with Gasteiger partial charge in [-0.3, -0.25) is 47.9 Å². The molecule has 5 aliphatic carbocycles. The fourth-order valence-corrected chi connectivity index (χ4v) is 14.8. The maximum absolute atomic E-state index is 13.2. The van der Waals surface area contributed by atoms with Gasteiger partial charge in [0.2, 0.25) is 28.9 Å². The number of hydrogen-bond acceptors (Lipinski definition) is 16. The van der Waals surface area contributed by atoms with Crippen LogP contribution in [0.4, 0.5) is 18.9 Å². The van der Waals surface area contributed by atoms with Gasteiger partial charge in [0.25, 0.3) is 28.9 Å². The van der Waals surface area contributed by atoms with E-state index in [0.717, 1.165) is 57.1 Å².